The first-order valence-electron chi connectivity index (χ1n) is 15.2. The van der Waals surface area contributed by atoms with Crippen LogP contribution in [0.4, 0.5) is 27.9 Å². The first kappa shape index (κ1) is 35.3. The highest BCUT2D eigenvalue weighted by atomic mass is 35.5. The van der Waals surface area contributed by atoms with Gasteiger partial charge in [0.2, 0.25) is 5.95 Å². The normalized spacial score (nSPS) is 20.7. The maximum absolute atomic E-state index is 13.1. The Balaban J connectivity index is 0.00000500. The molecule has 1 unspecified atom stereocenters. The molecule has 3 heterocycles. The first-order valence-corrected chi connectivity index (χ1v) is 15.6. The predicted octanol–water partition coefficient (Wildman–Crippen LogP) is 3.87. The summed E-state index contributed by atoms with van der Waals surface area (Å²) in [5, 5.41) is 33.1. The molecule has 0 bridgehead atoms. The van der Waals surface area contributed by atoms with Gasteiger partial charge in [-0.05, 0) is 57.1 Å². The van der Waals surface area contributed by atoms with Crippen molar-refractivity contribution in [1.82, 2.24) is 24.9 Å². The highest BCUT2D eigenvalue weighted by Gasteiger charge is 2.35. The van der Waals surface area contributed by atoms with Crippen molar-refractivity contribution in [3.05, 3.63) is 34.6 Å². The van der Waals surface area contributed by atoms with E-state index < -0.39 is 18.2 Å². The van der Waals surface area contributed by atoms with Crippen LogP contribution in [0.15, 0.2) is 18.3 Å². The third kappa shape index (κ3) is 8.24. The number of carbonyl (C=O) groups is 2. The monoisotopic (exact) mass is 685 g/mol. The minimum absolute atomic E-state index is 0. The highest BCUT2D eigenvalue weighted by Crippen LogP contribution is 2.38. The fourth-order valence-corrected chi connectivity index (χ4v) is 6.16. The molecule has 1 saturated heterocycles. The molecule has 17 heteroatoms. The molecule has 0 radical (unpaired) electrons. The van der Waals surface area contributed by atoms with Gasteiger partial charge in [0.25, 0.3) is 0 Å². The number of fused-ring (bicyclic) bond motifs is 1. The van der Waals surface area contributed by atoms with Gasteiger partial charge in [0, 0.05) is 25.6 Å². The zero-order chi connectivity index (χ0) is 32.8. The number of anilines is 4. The lowest BCUT2D eigenvalue weighted by Crippen LogP contribution is -2.56. The van der Waals surface area contributed by atoms with Crippen LogP contribution in [0.2, 0.25) is 5.02 Å². The van der Waals surface area contributed by atoms with Crippen LogP contribution in [0.25, 0.3) is 5.65 Å². The number of esters is 1. The van der Waals surface area contributed by atoms with Crippen molar-refractivity contribution >= 4 is 64.9 Å². The second kappa shape index (κ2) is 15.8. The van der Waals surface area contributed by atoms with E-state index in [2.05, 4.69) is 43.2 Å². The lowest BCUT2D eigenvalue weighted by molar-refractivity contribution is -0.152. The third-order valence-electron chi connectivity index (χ3n) is 8.27. The molecule has 3 aromatic rings. The van der Waals surface area contributed by atoms with Crippen LogP contribution in [0.3, 0.4) is 0 Å². The Morgan fingerprint density at radius 2 is 1.94 bits per heavy atom. The number of hydrogen-bond donors (Lipinski definition) is 4. The second-order valence-electron chi connectivity index (χ2n) is 11.4. The van der Waals surface area contributed by atoms with Crippen LogP contribution in [0.5, 0.6) is 0 Å². The van der Waals surface area contributed by atoms with Crippen molar-refractivity contribution in [1.29, 1.82) is 10.5 Å². The summed E-state index contributed by atoms with van der Waals surface area (Å²) < 4.78 is 12.2. The number of piperidine rings is 1. The number of ether oxygens (including phenoxy) is 2. The zero-order valence-electron chi connectivity index (χ0n) is 26.0. The SMILES string of the molecule is CCNc1nc(Nc2cc(C#N)cc(N3CCC(NC(=O)OC)[C@H](OC(=O)C[C@H]4CC[C@H](N)CC4)C3)c2Cl)nn2c(C#N)cnc12.Cl. The number of methoxy groups -OCH3 is 1. The molecule has 2 fully saturated rings. The molecule has 0 spiro atoms. The van der Waals surface area contributed by atoms with Crippen LogP contribution in [-0.4, -0.2) is 76.6 Å². The molecule has 1 amide bonds. The standard InChI is InChI=1S/C30H36ClN11O4.ClH/c1-3-35-27-28-36-15-20(14-33)42(28)40-29(39-27)37-22-10-18(13-32)11-23(26(22)31)41-9-8-21(38-30(44)45-2)24(16-41)46-25(43)12-17-4-6-19(34)7-5-17;/h10-11,15,17,19,21,24H,3-9,12,16,34H2,1-2H3,(H,38,44)(H2,35,37,39,40);1H/t17-,19-,21?,24-;/m1./s1. The molecule has 2 aromatic heterocycles. The lowest BCUT2D eigenvalue weighted by Gasteiger charge is -2.40. The van der Waals surface area contributed by atoms with Gasteiger partial charge in [-0.15, -0.1) is 17.5 Å². The number of nitrogens with two attached hydrogens (primary N) is 1. The summed E-state index contributed by atoms with van der Waals surface area (Å²) in [5.41, 5.74) is 7.82. The van der Waals surface area contributed by atoms with Gasteiger partial charge >= 0.3 is 12.1 Å². The van der Waals surface area contributed by atoms with Gasteiger partial charge in [-0.25, -0.2) is 9.78 Å². The van der Waals surface area contributed by atoms with Gasteiger partial charge in [-0.3, -0.25) is 4.79 Å². The average molecular weight is 687 g/mol. The fourth-order valence-electron chi connectivity index (χ4n) is 5.89. The van der Waals surface area contributed by atoms with Crippen molar-refractivity contribution in [3.8, 4) is 12.1 Å². The van der Waals surface area contributed by atoms with E-state index in [0.29, 0.717) is 47.9 Å². The van der Waals surface area contributed by atoms with Gasteiger partial charge < -0.3 is 36.1 Å². The second-order valence-corrected chi connectivity index (χ2v) is 11.8. The number of benzene rings is 1. The largest absolute Gasteiger partial charge is 0.458 e. The summed E-state index contributed by atoms with van der Waals surface area (Å²) >= 11 is 6.95. The number of imidazole rings is 1. The van der Waals surface area contributed by atoms with E-state index in [9.17, 15) is 20.1 Å². The Hall–Kier alpha value is -4.57. The molecule has 2 aliphatic rings. The lowest BCUT2D eigenvalue weighted by atomic mass is 9.84. The molecule has 15 nitrogen and oxygen atoms in total. The van der Waals surface area contributed by atoms with E-state index in [1.54, 1.807) is 12.1 Å². The smallest absolute Gasteiger partial charge is 0.407 e. The number of aromatic nitrogens is 4. The van der Waals surface area contributed by atoms with E-state index in [0.717, 1.165) is 25.7 Å². The summed E-state index contributed by atoms with van der Waals surface area (Å²) in [6.45, 7) is 3.10. The maximum Gasteiger partial charge on any atom is 0.407 e. The zero-order valence-corrected chi connectivity index (χ0v) is 27.6. The summed E-state index contributed by atoms with van der Waals surface area (Å²) in [7, 11) is 1.28. The molecule has 1 aromatic carbocycles. The first-order chi connectivity index (χ1) is 22.2. The van der Waals surface area contributed by atoms with Crippen LogP contribution in [-0.2, 0) is 14.3 Å². The Morgan fingerprint density at radius 3 is 2.62 bits per heavy atom. The van der Waals surface area contributed by atoms with Gasteiger partial charge in [0.15, 0.2) is 17.2 Å². The minimum Gasteiger partial charge on any atom is -0.458 e. The minimum atomic E-state index is -0.705. The van der Waals surface area contributed by atoms with Crippen molar-refractivity contribution < 1.29 is 19.1 Å². The average Bonchev–Trinajstić information content (AvgIpc) is 3.47. The molecule has 5 rings (SSSR count). The van der Waals surface area contributed by atoms with Gasteiger partial charge in [-0.1, -0.05) is 11.6 Å². The number of amides is 1. The summed E-state index contributed by atoms with van der Waals surface area (Å²) in [4.78, 5) is 35.9. The molecule has 1 aliphatic heterocycles. The molecular formula is C30H37Cl2N11O4. The fraction of sp³-hybridized carbons (Fsp3) is 0.500. The van der Waals surface area contributed by atoms with Gasteiger partial charge in [0.05, 0.1) is 53.9 Å². The molecular weight excluding hydrogens is 649 g/mol. The van der Waals surface area contributed by atoms with E-state index in [1.807, 2.05) is 11.8 Å². The Bertz CT molecular complexity index is 1680. The summed E-state index contributed by atoms with van der Waals surface area (Å²) in [5.74, 6) is 0.395. The number of halogens is 2. The van der Waals surface area contributed by atoms with Crippen molar-refractivity contribution in [2.75, 3.05) is 42.3 Å². The molecule has 1 saturated carbocycles. The van der Waals surface area contributed by atoms with Crippen molar-refractivity contribution in [3.63, 3.8) is 0 Å². The Labute approximate surface area is 283 Å². The predicted molar refractivity (Wildman–Crippen MR) is 177 cm³/mol. The number of carbonyl (C=O) groups excluding carboxylic acids is 2. The van der Waals surface area contributed by atoms with Crippen LogP contribution >= 0.6 is 24.0 Å². The maximum atomic E-state index is 13.1. The number of rotatable bonds is 9. The number of nitriles is 2. The molecule has 250 valence electrons. The van der Waals surface area contributed by atoms with Crippen molar-refractivity contribution in [2.24, 2.45) is 11.7 Å². The van der Waals surface area contributed by atoms with Crippen LogP contribution in [0.1, 0.15) is 56.7 Å². The number of alkyl carbamates (subject to hydrolysis) is 1. The summed E-state index contributed by atoms with van der Waals surface area (Å²) in [6.07, 6.45) is 4.27. The molecule has 47 heavy (non-hydrogen) atoms. The number of nitrogens with one attached hydrogen (secondary N) is 3. The van der Waals surface area contributed by atoms with E-state index in [1.165, 1.54) is 17.8 Å². The van der Waals surface area contributed by atoms with Crippen LogP contribution in [0, 0.1) is 28.6 Å². The quantitative estimate of drug-likeness (QED) is 0.236. The van der Waals surface area contributed by atoms with E-state index in [4.69, 9.17) is 26.8 Å². The van der Waals surface area contributed by atoms with E-state index >= 15 is 0 Å². The van der Waals surface area contributed by atoms with Gasteiger partial charge in [-0.2, -0.15) is 20.0 Å². The van der Waals surface area contributed by atoms with Crippen LogP contribution < -0.4 is 26.6 Å². The summed E-state index contributed by atoms with van der Waals surface area (Å²) in [6, 6.07) is 7.14. The third-order valence-corrected chi connectivity index (χ3v) is 8.67. The molecule has 1 aliphatic carbocycles. The molecule has 5 N–H and O–H groups in total. The Kier molecular flexibility index (Phi) is 11.9. The number of hydrogen-bond acceptors (Lipinski definition) is 13. The van der Waals surface area contributed by atoms with Gasteiger partial charge in [0.1, 0.15) is 12.2 Å². The topological polar surface area (TPSA) is 209 Å². The van der Waals surface area contributed by atoms with Crippen molar-refractivity contribution in [2.45, 2.75) is 63.6 Å². The number of nitrogens with zero attached hydrogens (tertiary/aromatic N) is 7. The molecule has 2 atom stereocenters. The highest BCUT2D eigenvalue weighted by molar-refractivity contribution is 6.36. The Morgan fingerprint density at radius 1 is 1.17 bits per heavy atom. The van der Waals surface area contributed by atoms with E-state index in [-0.39, 0.29) is 60.0 Å².